The third-order valence-electron chi connectivity index (χ3n) is 3.13. The van der Waals surface area contributed by atoms with E-state index in [9.17, 15) is 28.1 Å². The zero-order valence-electron chi connectivity index (χ0n) is 11.3. The Morgan fingerprint density at radius 1 is 1.52 bits per heavy atom. The van der Waals surface area contributed by atoms with E-state index in [-0.39, 0.29) is 0 Å². The fourth-order valence-corrected chi connectivity index (χ4v) is 2.12. The van der Waals surface area contributed by atoms with Crippen molar-refractivity contribution in [2.24, 2.45) is 4.99 Å². The summed E-state index contributed by atoms with van der Waals surface area (Å²) in [6.45, 7) is -1.15. The van der Waals surface area contributed by atoms with Crippen molar-refractivity contribution in [3.05, 3.63) is 39.7 Å². The molecule has 124 valence electrons. The van der Waals surface area contributed by atoms with Crippen molar-refractivity contribution in [1.82, 2.24) is 5.32 Å². The molecule has 2 rings (SSSR count). The van der Waals surface area contributed by atoms with Crippen LogP contribution in [0.15, 0.2) is 23.2 Å². The Labute approximate surface area is 126 Å². The smallest absolute Gasteiger partial charge is 0.410 e. The number of hydrogen-bond donors (Lipinski definition) is 2. The highest BCUT2D eigenvalue weighted by atomic mass is 19.3. The van der Waals surface area contributed by atoms with Crippen molar-refractivity contribution >= 4 is 17.6 Å². The first kappa shape index (κ1) is 16.7. The molecule has 0 bridgehead atoms. The lowest BCUT2D eigenvalue weighted by molar-refractivity contribution is -0.385. The number of hydrogen-bond acceptors (Lipinski definition) is 5. The zero-order valence-corrected chi connectivity index (χ0v) is 11.3. The third-order valence-corrected chi connectivity index (χ3v) is 3.13. The third kappa shape index (κ3) is 3.23. The number of nitro benzene ring substituents is 1. The van der Waals surface area contributed by atoms with Gasteiger partial charge in [-0.3, -0.25) is 15.4 Å². The maximum Gasteiger partial charge on any atom is 0.410 e. The van der Waals surface area contributed by atoms with Gasteiger partial charge < -0.3 is 9.84 Å². The molecule has 1 aromatic carbocycles. The minimum Gasteiger partial charge on any atom is -0.465 e. The van der Waals surface area contributed by atoms with Crippen LogP contribution < -0.4 is 5.32 Å². The second-order valence-electron chi connectivity index (χ2n) is 4.63. The van der Waals surface area contributed by atoms with Gasteiger partial charge in [0.05, 0.1) is 11.5 Å². The van der Waals surface area contributed by atoms with Gasteiger partial charge in [-0.2, -0.15) is 0 Å². The Morgan fingerprint density at radius 3 is 2.78 bits per heavy atom. The van der Waals surface area contributed by atoms with Gasteiger partial charge >= 0.3 is 6.09 Å². The maximum absolute atomic E-state index is 14.0. The quantitative estimate of drug-likeness (QED) is 0.647. The minimum atomic E-state index is -3.29. The number of nitrogens with one attached hydrogen (secondary N) is 1. The Kier molecular flexibility index (Phi) is 4.50. The Bertz CT molecular complexity index is 682. The highest BCUT2D eigenvalue weighted by molar-refractivity contribution is 5.96. The van der Waals surface area contributed by atoms with Crippen molar-refractivity contribution in [3.8, 4) is 0 Å². The average Bonchev–Trinajstić information content (AvgIpc) is 2.46. The van der Waals surface area contributed by atoms with Crippen LogP contribution in [-0.4, -0.2) is 41.6 Å². The van der Waals surface area contributed by atoms with E-state index in [0.717, 1.165) is 6.07 Å². The molecular formula is C12H10F3N3O5. The molecule has 0 aliphatic carbocycles. The van der Waals surface area contributed by atoms with Gasteiger partial charge in [-0.05, 0) is 6.07 Å². The summed E-state index contributed by atoms with van der Waals surface area (Å²) in [6.07, 6.45) is -4.85. The molecule has 23 heavy (non-hydrogen) atoms. The van der Waals surface area contributed by atoms with Gasteiger partial charge in [0.2, 0.25) is 0 Å². The maximum atomic E-state index is 14.0. The number of ether oxygens (including phenoxy) is 1. The summed E-state index contributed by atoms with van der Waals surface area (Å²) in [5, 5.41) is 21.2. The van der Waals surface area contributed by atoms with Crippen LogP contribution in [-0.2, 0) is 10.3 Å². The van der Waals surface area contributed by atoms with Crippen LogP contribution in [0, 0.1) is 15.9 Å². The predicted octanol–water partition coefficient (Wildman–Crippen LogP) is 1.89. The van der Waals surface area contributed by atoms with Crippen LogP contribution >= 0.6 is 0 Å². The summed E-state index contributed by atoms with van der Waals surface area (Å²) in [7, 11) is 0. The molecule has 1 amide bonds. The minimum absolute atomic E-state index is 0.392. The van der Waals surface area contributed by atoms with Gasteiger partial charge in [-0.25, -0.2) is 23.0 Å². The number of carboxylic acid groups (broad SMARTS) is 1. The molecule has 1 aliphatic heterocycles. The fourth-order valence-electron chi connectivity index (χ4n) is 2.12. The first-order valence-electron chi connectivity index (χ1n) is 6.15. The number of nitro groups is 1. The van der Waals surface area contributed by atoms with Crippen molar-refractivity contribution < 1.29 is 32.7 Å². The molecule has 0 radical (unpaired) electrons. The standard InChI is InChI=1S/C12H10F3N3O5/c13-8-2-1-6(18(21)22)3-7(8)12(10(14)15)5-23-4-9(17-12)16-11(19)20/h1-3,10H,4-5H2,(H,16,17)(H,19,20)/t12-/m0/s1. The predicted molar refractivity (Wildman–Crippen MR) is 70.2 cm³/mol. The van der Waals surface area contributed by atoms with E-state index >= 15 is 0 Å². The van der Waals surface area contributed by atoms with Crippen molar-refractivity contribution in [1.29, 1.82) is 0 Å². The molecular weight excluding hydrogens is 323 g/mol. The molecule has 2 N–H and O–H groups in total. The number of nitrogens with zero attached hydrogens (tertiary/aromatic N) is 2. The molecule has 1 heterocycles. The highest BCUT2D eigenvalue weighted by Crippen LogP contribution is 2.38. The number of amidine groups is 1. The lowest BCUT2D eigenvalue weighted by Crippen LogP contribution is -2.47. The van der Waals surface area contributed by atoms with Crippen LogP contribution in [0.4, 0.5) is 23.7 Å². The van der Waals surface area contributed by atoms with Gasteiger partial charge in [-0.1, -0.05) is 0 Å². The molecule has 0 aromatic heterocycles. The summed E-state index contributed by atoms with van der Waals surface area (Å²) in [5.74, 6) is -1.59. The Balaban J connectivity index is 2.60. The molecule has 0 saturated carbocycles. The van der Waals surface area contributed by atoms with Crippen LogP contribution in [0.5, 0.6) is 0 Å². The summed E-state index contributed by atoms with van der Waals surface area (Å²) in [6, 6.07) is 2.13. The molecule has 1 atom stereocenters. The van der Waals surface area contributed by atoms with E-state index in [1.165, 1.54) is 0 Å². The summed E-state index contributed by atoms with van der Waals surface area (Å²) in [4.78, 5) is 24.1. The first-order valence-corrected chi connectivity index (χ1v) is 6.15. The number of alkyl halides is 2. The van der Waals surface area contributed by atoms with Crippen molar-refractivity contribution in [3.63, 3.8) is 0 Å². The van der Waals surface area contributed by atoms with Gasteiger partial charge in [-0.15, -0.1) is 0 Å². The van der Waals surface area contributed by atoms with Gasteiger partial charge in [0.25, 0.3) is 12.1 Å². The highest BCUT2D eigenvalue weighted by Gasteiger charge is 2.47. The summed E-state index contributed by atoms with van der Waals surface area (Å²) in [5.41, 5.74) is -3.92. The normalized spacial score (nSPS) is 21.0. The van der Waals surface area contributed by atoms with E-state index in [1.54, 1.807) is 5.32 Å². The SMILES string of the molecule is O=C(O)NC1=N[C@@](c2cc([N+](=O)[O-])ccc2F)(C(F)F)COC1. The van der Waals surface area contributed by atoms with Crippen LogP contribution in [0.2, 0.25) is 0 Å². The number of aliphatic imine (C=N–C) groups is 1. The second kappa shape index (κ2) is 6.20. The first-order chi connectivity index (χ1) is 10.8. The molecule has 1 aromatic rings. The van der Waals surface area contributed by atoms with Gasteiger partial charge in [0.15, 0.2) is 5.54 Å². The van der Waals surface area contributed by atoms with Gasteiger partial charge in [0.1, 0.15) is 18.3 Å². The van der Waals surface area contributed by atoms with Crippen molar-refractivity contribution in [2.75, 3.05) is 13.2 Å². The molecule has 1 aliphatic rings. The second-order valence-corrected chi connectivity index (χ2v) is 4.63. The molecule has 0 spiro atoms. The number of rotatable bonds is 3. The monoisotopic (exact) mass is 333 g/mol. The van der Waals surface area contributed by atoms with E-state index in [1.807, 2.05) is 0 Å². The molecule has 0 fully saturated rings. The number of amides is 1. The van der Waals surface area contributed by atoms with E-state index < -0.39 is 59.1 Å². The van der Waals surface area contributed by atoms with Crippen LogP contribution in [0.1, 0.15) is 5.56 Å². The molecule has 0 unspecified atom stereocenters. The number of benzene rings is 1. The average molecular weight is 333 g/mol. The largest absolute Gasteiger partial charge is 0.465 e. The van der Waals surface area contributed by atoms with Crippen LogP contribution in [0.25, 0.3) is 0 Å². The zero-order chi connectivity index (χ0) is 17.2. The Hall–Kier alpha value is -2.69. The number of halogens is 3. The van der Waals surface area contributed by atoms with E-state index in [0.29, 0.717) is 12.1 Å². The fraction of sp³-hybridized carbons (Fsp3) is 0.333. The lowest BCUT2D eigenvalue weighted by Gasteiger charge is -2.33. The molecule has 11 heteroatoms. The van der Waals surface area contributed by atoms with E-state index in [2.05, 4.69) is 4.99 Å². The molecule has 8 nitrogen and oxygen atoms in total. The topological polar surface area (TPSA) is 114 Å². The summed E-state index contributed by atoms with van der Waals surface area (Å²) >= 11 is 0. The summed E-state index contributed by atoms with van der Waals surface area (Å²) < 4.78 is 46.1. The Morgan fingerprint density at radius 2 is 2.22 bits per heavy atom. The van der Waals surface area contributed by atoms with E-state index in [4.69, 9.17) is 9.84 Å². The lowest BCUT2D eigenvalue weighted by atomic mass is 9.90. The van der Waals surface area contributed by atoms with Crippen molar-refractivity contribution in [2.45, 2.75) is 12.0 Å². The number of non-ortho nitro benzene ring substituents is 1. The molecule has 0 saturated heterocycles. The van der Waals surface area contributed by atoms with Gasteiger partial charge in [0, 0.05) is 17.7 Å². The number of carbonyl (C=O) groups is 1. The van der Waals surface area contributed by atoms with Crippen LogP contribution in [0.3, 0.4) is 0 Å².